The van der Waals surface area contributed by atoms with Crippen LogP contribution in [0, 0.1) is 0 Å². The third-order valence-electron chi connectivity index (χ3n) is 1.47. The van der Waals surface area contributed by atoms with Gasteiger partial charge in [0.05, 0.1) is 5.69 Å². The molecule has 0 bridgehead atoms. The number of anilines is 1. The second-order valence-electron chi connectivity index (χ2n) is 2.61. The number of benzene rings is 1. The first-order valence-corrected chi connectivity index (χ1v) is 4.05. The molecule has 0 saturated carbocycles. The Labute approximate surface area is 87.5 Å². The van der Waals surface area contributed by atoms with Gasteiger partial charge in [-0.3, -0.25) is 4.79 Å². The van der Waals surface area contributed by atoms with Gasteiger partial charge < -0.3 is 10.4 Å². The number of carbonyl (C=O) groups is 1. The topological polar surface area (TPSA) is 49.3 Å². The summed E-state index contributed by atoms with van der Waals surface area (Å²) in [6, 6.07) is 3.34. The number of amides is 1. The number of rotatable bonds is 1. The Hall–Kier alpha value is -1.43. The summed E-state index contributed by atoms with van der Waals surface area (Å²) in [5.74, 6) is -2.68. The largest absolute Gasteiger partial charge is 0.506 e. The molecular formula is C8H5ClF3NO2. The molecule has 0 aromatic heterocycles. The Bertz CT molecular complexity index is 392. The Morgan fingerprint density at radius 3 is 2.47 bits per heavy atom. The quantitative estimate of drug-likeness (QED) is 0.740. The fraction of sp³-hybridized carbons (Fsp3) is 0.125. The van der Waals surface area contributed by atoms with Crippen LogP contribution in [0.3, 0.4) is 0 Å². The molecule has 1 rings (SSSR count). The number of nitrogens with one attached hydrogen (secondary N) is 1. The van der Waals surface area contributed by atoms with Gasteiger partial charge in [-0.2, -0.15) is 13.2 Å². The second-order valence-corrected chi connectivity index (χ2v) is 3.05. The fourth-order valence-electron chi connectivity index (χ4n) is 0.804. The molecule has 15 heavy (non-hydrogen) atoms. The normalized spacial score (nSPS) is 11.2. The van der Waals surface area contributed by atoms with Crippen molar-refractivity contribution in [3.8, 4) is 5.75 Å². The molecule has 0 radical (unpaired) electrons. The predicted molar refractivity (Wildman–Crippen MR) is 47.8 cm³/mol. The van der Waals surface area contributed by atoms with Gasteiger partial charge in [0.25, 0.3) is 0 Å². The Morgan fingerprint density at radius 2 is 2.00 bits per heavy atom. The maximum Gasteiger partial charge on any atom is 0.471 e. The van der Waals surface area contributed by atoms with E-state index in [1.54, 1.807) is 0 Å². The van der Waals surface area contributed by atoms with E-state index in [0.717, 1.165) is 12.1 Å². The molecule has 1 aromatic rings. The minimum Gasteiger partial charge on any atom is -0.506 e. The molecule has 0 aliphatic heterocycles. The zero-order chi connectivity index (χ0) is 11.6. The monoisotopic (exact) mass is 239 g/mol. The second kappa shape index (κ2) is 3.98. The lowest BCUT2D eigenvalue weighted by Crippen LogP contribution is -2.29. The highest BCUT2D eigenvalue weighted by atomic mass is 35.5. The Balaban J connectivity index is 2.87. The first-order valence-electron chi connectivity index (χ1n) is 3.67. The van der Waals surface area contributed by atoms with Crippen molar-refractivity contribution in [3.05, 3.63) is 23.2 Å². The zero-order valence-corrected chi connectivity index (χ0v) is 7.86. The Morgan fingerprint density at radius 1 is 1.40 bits per heavy atom. The molecule has 0 fully saturated rings. The molecule has 7 heteroatoms. The maximum absolute atomic E-state index is 11.8. The number of phenolic OH excluding ortho intramolecular Hbond substituents is 1. The van der Waals surface area contributed by atoms with E-state index in [4.69, 9.17) is 16.7 Å². The fourth-order valence-corrected chi connectivity index (χ4v) is 0.970. The number of carbonyl (C=O) groups excluding carboxylic acids is 1. The number of halogens is 4. The van der Waals surface area contributed by atoms with Crippen LogP contribution >= 0.6 is 11.6 Å². The minimum absolute atomic E-state index is 0.150. The number of aromatic hydroxyl groups is 1. The van der Waals surface area contributed by atoms with E-state index in [0.29, 0.717) is 0 Å². The molecule has 2 N–H and O–H groups in total. The predicted octanol–water partition coefficient (Wildman–Crippen LogP) is 2.55. The smallest absolute Gasteiger partial charge is 0.471 e. The van der Waals surface area contributed by atoms with Crippen LogP contribution in [0.5, 0.6) is 5.75 Å². The van der Waals surface area contributed by atoms with Gasteiger partial charge >= 0.3 is 12.1 Å². The van der Waals surface area contributed by atoms with Crippen LogP contribution in [0.4, 0.5) is 18.9 Å². The molecular weight excluding hydrogens is 235 g/mol. The van der Waals surface area contributed by atoms with Crippen LogP contribution in [0.15, 0.2) is 18.2 Å². The van der Waals surface area contributed by atoms with Crippen molar-refractivity contribution in [2.75, 3.05) is 5.32 Å². The number of hydrogen-bond donors (Lipinski definition) is 2. The molecule has 0 spiro atoms. The first-order chi connectivity index (χ1) is 6.80. The van der Waals surface area contributed by atoms with Crippen molar-refractivity contribution in [3.63, 3.8) is 0 Å². The van der Waals surface area contributed by atoms with Gasteiger partial charge in [-0.15, -0.1) is 0 Å². The molecule has 82 valence electrons. The van der Waals surface area contributed by atoms with Gasteiger partial charge in [0.2, 0.25) is 0 Å². The number of phenols is 1. The average Bonchev–Trinajstić information content (AvgIpc) is 2.08. The average molecular weight is 240 g/mol. The van der Waals surface area contributed by atoms with Gasteiger partial charge in [-0.25, -0.2) is 0 Å². The van der Waals surface area contributed by atoms with Crippen LogP contribution < -0.4 is 5.32 Å². The maximum atomic E-state index is 11.8. The van der Waals surface area contributed by atoms with E-state index >= 15 is 0 Å². The van der Waals surface area contributed by atoms with Gasteiger partial charge in [0, 0.05) is 11.1 Å². The van der Waals surface area contributed by atoms with Crippen LogP contribution in [0.2, 0.25) is 5.02 Å². The molecule has 0 saturated heterocycles. The first kappa shape index (κ1) is 11.6. The Kier molecular flexibility index (Phi) is 3.09. The summed E-state index contributed by atoms with van der Waals surface area (Å²) in [6.07, 6.45) is -4.99. The molecule has 0 aliphatic rings. The summed E-state index contributed by atoms with van der Waals surface area (Å²) in [5, 5.41) is 10.8. The lowest BCUT2D eigenvalue weighted by Gasteiger charge is -2.09. The van der Waals surface area contributed by atoms with Gasteiger partial charge in [0.15, 0.2) is 0 Å². The van der Waals surface area contributed by atoms with Crippen molar-refractivity contribution in [2.24, 2.45) is 0 Å². The number of hydrogen-bond acceptors (Lipinski definition) is 2. The van der Waals surface area contributed by atoms with Gasteiger partial charge in [-0.05, 0) is 12.1 Å². The summed E-state index contributed by atoms with van der Waals surface area (Å²) >= 11 is 5.45. The number of alkyl halides is 3. The summed E-state index contributed by atoms with van der Waals surface area (Å²) in [6.45, 7) is 0. The molecule has 1 aromatic carbocycles. The summed E-state index contributed by atoms with van der Waals surface area (Å²) < 4.78 is 35.5. The van der Waals surface area contributed by atoms with E-state index in [-0.39, 0.29) is 10.7 Å². The summed E-state index contributed by atoms with van der Waals surface area (Å²) in [7, 11) is 0. The highest BCUT2D eigenvalue weighted by Crippen LogP contribution is 2.28. The van der Waals surface area contributed by atoms with E-state index in [9.17, 15) is 18.0 Å². The highest BCUT2D eigenvalue weighted by molar-refractivity contribution is 6.30. The van der Waals surface area contributed by atoms with Crippen molar-refractivity contribution < 1.29 is 23.1 Å². The third kappa shape index (κ3) is 3.02. The van der Waals surface area contributed by atoms with Gasteiger partial charge in [-0.1, -0.05) is 11.6 Å². The van der Waals surface area contributed by atoms with Crippen molar-refractivity contribution in [1.82, 2.24) is 0 Å². The highest BCUT2D eigenvalue weighted by Gasteiger charge is 2.38. The zero-order valence-electron chi connectivity index (χ0n) is 7.10. The molecule has 0 aliphatic carbocycles. The summed E-state index contributed by atoms with van der Waals surface area (Å²) in [4.78, 5) is 10.5. The van der Waals surface area contributed by atoms with Crippen molar-refractivity contribution in [1.29, 1.82) is 0 Å². The molecule has 3 nitrogen and oxygen atoms in total. The van der Waals surface area contributed by atoms with E-state index in [1.807, 2.05) is 0 Å². The van der Waals surface area contributed by atoms with Crippen LogP contribution in [0.25, 0.3) is 0 Å². The third-order valence-corrected chi connectivity index (χ3v) is 1.70. The van der Waals surface area contributed by atoms with Crippen molar-refractivity contribution in [2.45, 2.75) is 6.18 Å². The van der Waals surface area contributed by atoms with Crippen molar-refractivity contribution >= 4 is 23.2 Å². The summed E-state index contributed by atoms with van der Waals surface area (Å²) in [5.41, 5.74) is -0.346. The SMILES string of the molecule is O=C(Nc1ccc(Cl)cc1O)C(F)(F)F. The molecule has 0 unspecified atom stereocenters. The van der Waals surface area contributed by atoms with Crippen LogP contribution in [0.1, 0.15) is 0 Å². The molecule has 0 heterocycles. The van der Waals surface area contributed by atoms with Crippen LogP contribution in [-0.2, 0) is 4.79 Å². The lowest BCUT2D eigenvalue weighted by atomic mass is 10.3. The molecule has 0 atom stereocenters. The van der Waals surface area contributed by atoms with Gasteiger partial charge in [0.1, 0.15) is 5.75 Å². The van der Waals surface area contributed by atoms with E-state index in [1.165, 1.54) is 11.4 Å². The molecule has 1 amide bonds. The minimum atomic E-state index is -4.99. The van der Waals surface area contributed by atoms with E-state index < -0.39 is 17.8 Å². The van der Waals surface area contributed by atoms with Crippen LogP contribution in [-0.4, -0.2) is 17.2 Å². The van der Waals surface area contributed by atoms with E-state index in [2.05, 4.69) is 0 Å². The standard InChI is InChI=1S/C8H5ClF3NO2/c9-4-1-2-5(6(14)3-4)13-7(15)8(10,11)12/h1-3,14H,(H,13,15). The lowest BCUT2D eigenvalue weighted by molar-refractivity contribution is -0.167.